The van der Waals surface area contributed by atoms with E-state index in [2.05, 4.69) is 12.2 Å². The normalized spacial score (nSPS) is 21.5. The summed E-state index contributed by atoms with van der Waals surface area (Å²) in [5.41, 5.74) is 3.01. The fraction of sp³-hybridized carbons (Fsp3) is 0.448. The van der Waals surface area contributed by atoms with Gasteiger partial charge in [-0.1, -0.05) is 13.0 Å². The Labute approximate surface area is 231 Å². The zero-order valence-electron chi connectivity index (χ0n) is 22.5. The van der Waals surface area contributed by atoms with E-state index in [4.69, 9.17) is 14.2 Å². The van der Waals surface area contributed by atoms with E-state index in [-0.39, 0.29) is 24.4 Å². The number of aryl methyl sites for hydroxylation is 1. The minimum Gasteiger partial charge on any atom is -0.449 e. The molecule has 1 N–H and O–H groups in total. The topological polar surface area (TPSA) is 114 Å². The van der Waals surface area contributed by atoms with E-state index in [0.717, 1.165) is 31.4 Å². The van der Waals surface area contributed by atoms with Gasteiger partial charge < -0.3 is 29.3 Å². The molecule has 2 aromatic carbocycles. The van der Waals surface area contributed by atoms with E-state index in [1.54, 1.807) is 6.07 Å². The van der Waals surface area contributed by atoms with Crippen molar-refractivity contribution in [2.45, 2.75) is 44.8 Å². The summed E-state index contributed by atoms with van der Waals surface area (Å²) in [4.78, 5) is 54.6. The molecule has 2 saturated heterocycles. The number of carbonyl (C=O) groups excluding carboxylic acids is 4. The van der Waals surface area contributed by atoms with Crippen molar-refractivity contribution in [3.8, 4) is 0 Å². The zero-order valence-corrected chi connectivity index (χ0v) is 22.5. The molecule has 11 heteroatoms. The van der Waals surface area contributed by atoms with Gasteiger partial charge in [0.15, 0.2) is 6.10 Å². The van der Waals surface area contributed by atoms with Gasteiger partial charge in [-0.25, -0.2) is 4.39 Å². The van der Waals surface area contributed by atoms with E-state index in [1.165, 1.54) is 27.5 Å². The number of halogens is 1. The average Bonchev–Trinajstić information content (AvgIpc) is 3.32. The van der Waals surface area contributed by atoms with Crippen LogP contribution in [0.3, 0.4) is 0 Å². The van der Waals surface area contributed by atoms with Crippen LogP contribution in [-0.2, 0) is 35.0 Å². The van der Waals surface area contributed by atoms with E-state index < -0.39 is 41.7 Å². The first-order valence-electron chi connectivity index (χ1n) is 13.4. The molecular weight excluding hydrogens is 521 g/mol. The van der Waals surface area contributed by atoms with Crippen LogP contribution in [0.25, 0.3) is 0 Å². The third kappa shape index (κ3) is 5.71. The molecule has 2 heterocycles. The van der Waals surface area contributed by atoms with Crippen LogP contribution in [0.5, 0.6) is 0 Å². The molecule has 5 rings (SSSR count). The van der Waals surface area contributed by atoms with Crippen molar-refractivity contribution < 1.29 is 37.8 Å². The number of hydrogen-bond acceptors (Lipinski definition) is 7. The van der Waals surface area contributed by atoms with Crippen molar-refractivity contribution in [3.63, 3.8) is 0 Å². The fourth-order valence-corrected chi connectivity index (χ4v) is 5.41. The summed E-state index contributed by atoms with van der Waals surface area (Å²) in [6.07, 6.45) is -1.06. The lowest BCUT2D eigenvalue weighted by molar-refractivity contribution is -0.167. The Morgan fingerprint density at radius 3 is 2.60 bits per heavy atom. The molecule has 3 atom stereocenters. The van der Waals surface area contributed by atoms with Gasteiger partial charge in [-0.3, -0.25) is 19.2 Å². The predicted molar refractivity (Wildman–Crippen MR) is 143 cm³/mol. The Morgan fingerprint density at radius 1 is 1.07 bits per heavy atom. The first-order valence-corrected chi connectivity index (χ1v) is 13.4. The Hall–Kier alpha value is -3.83. The van der Waals surface area contributed by atoms with Crippen LogP contribution in [0.2, 0.25) is 0 Å². The minimum atomic E-state index is -1.56. The number of benzene rings is 2. The maximum Gasteiger partial charge on any atom is 0.303 e. The number of fused-ring (bicyclic) bond motifs is 1. The number of rotatable bonds is 6. The second-order valence-corrected chi connectivity index (χ2v) is 10.2. The van der Waals surface area contributed by atoms with E-state index >= 15 is 0 Å². The molecule has 0 saturated carbocycles. The number of carbonyl (C=O) groups is 4. The number of anilines is 2. The van der Waals surface area contributed by atoms with Gasteiger partial charge >= 0.3 is 5.97 Å². The third-order valence-electron chi connectivity index (χ3n) is 7.53. The molecule has 2 aromatic rings. The van der Waals surface area contributed by atoms with E-state index in [0.29, 0.717) is 37.9 Å². The molecule has 2 fully saturated rings. The van der Waals surface area contributed by atoms with Crippen LogP contribution in [0.1, 0.15) is 47.7 Å². The lowest BCUT2D eigenvalue weighted by Gasteiger charge is -2.35. The monoisotopic (exact) mass is 553 g/mol. The highest BCUT2D eigenvalue weighted by molar-refractivity contribution is 6.05. The zero-order chi connectivity index (χ0) is 28.4. The van der Waals surface area contributed by atoms with Gasteiger partial charge in [-0.05, 0) is 60.2 Å². The molecule has 0 radical (unpaired) electrons. The second-order valence-electron chi connectivity index (χ2n) is 10.2. The first-order chi connectivity index (χ1) is 19.2. The molecule has 0 unspecified atom stereocenters. The van der Waals surface area contributed by atoms with Crippen molar-refractivity contribution in [1.82, 2.24) is 4.90 Å². The maximum atomic E-state index is 14.7. The van der Waals surface area contributed by atoms with Crippen molar-refractivity contribution >= 4 is 35.1 Å². The smallest absolute Gasteiger partial charge is 0.303 e. The second kappa shape index (κ2) is 11.7. The maximum absolute atomic E-state index is 14.7. The van der Waals surface area contributed by atoms with Crippen LogP contribution in [0, 0.1) is 5.82 Å². The van der Waals surface area contributed by atoms with Crippen LogP contribution >= 0.6 is 0 Å². The third-order valence-corrected chi connectivity index (χ3v) is 7.53. The average molecular weight is 554 g/mol. The molecule has 212 valence electrons. The van der Waals surface area contributed by atoms with Crippen LogP contribution in [-0.4, -0.2) is 80.3 Å². The first kappa shape index (κ1) is 27.7. The Morgan fingerprint density at radius 2 is 1.85 bits per heavy atom. The predicted octanol–water partition coefficient (Wildman–Crippen LogP) is 2.65. The van der Waals surface area contributed by atoms with Gasteiger partial charge in [0, 0.05) is 37.9 Å². The standard InChI is InChI=1S/C29H32FN3O7/c1-17-3-4-19-15-20(5-7-22(17)19)31-27(35)25(40-18(2)34)26-29(37)33(11-14-39-26)21-6-8-24(30)23(16-21)28(36)32-9-12-38-13-10-32/h5-8,15-17,25-26H,3-4,9-14H2,1-2H3,(H,31,35)/t17-,25+,26+/m0/s1. The Bertz CT molecular complexity index is 1330. The molecular formula is C29H32FN3O7. The molecule has 0 bridgehead atoms. The van der Waals surface area contributed by atoms with E-state index in [9.17, 15) is 23.6 Å². The highest BCUT2D eigenvalue weighted by Gasteiger charge is 2.43. The number of ether oxygens (including phenoxy) is 3. The SMILES string of the molecule is CC(=O)O[C@@H](C(=O)Nc1ccc2c(c1)CC[C@@H]2C)[C@H]1OCCN(c2ccc(F)c(C(=O)N3CCOCC3)c2)C1=O. The van der Waals surface area contributed by atoms with Gasteiger partial charge in [0.2, 0.25) is 6.10 Å². The minimum absolute atomic E-state index is 0.0301. The van der Waals surface area contributed by atoms with Crippen LogP contribution in [0.15, 0.2) is 36.4 Å². The van der Waals surface area contributed by atoms with Crippen molar-refractivity contribution in [3.05, 3.63) is 58.9 Å². The van der Waals surface area contributed by atoms with Crippen molar-refractivity contribution in [1.29, 1.82) is 0 Å². The number of hydrogen-bond donors (Lipinski definition) is 1. The van der Waals surface area contributed by atoms with E-state index in [1.807, 2.05) is 12.1 Å². The summed E-state index contributed by atoms with van der Waals surface area (Å²) in [6, 6.07) is 9.48. The van der Waals surface area contributed by atoms with Gasteiger partial charge in [0.1, 0.15) is 5.82 Å². The lowest BCUT2D eigenvalue weighted by Crippen LogP contribution is -2.56. The quantitative estimate of drug-likeness (QED) is 0.547. The van der Waals surface area contributed by atoms with Crippen molar-refractivity contribution in [2.75, 3.05) is 49.7 Å². The molecule has 2 aliphatic heterocycles. The van der Waals surface area contributed by atoms with Crippen molar-refractivity contribution in [2.24, 2.45) is 0 Å². The van der Waals surface area contributed by atoms with Gasteiger partial charge in [0.25, 0.3) is 17.7 Å². The summed E-state index contributed by atoms with van der Waals surface area (Å²) in [5.74, 6) is -2.87. The number of nitrogens with zero attached hydrogens (tertiary/aromatic N) is 2. The summed E-state index contributed by atoms with van der Waals surface area (Å²) >= 11 is 0. The summed E-state index contributed by atoms with van der Waals surface area (Å²) in [6.45, 7) is 4.83. The molecule has 0 spiro atoms. The summed E-state index contributed by atoms with van der Waals surface area (Å²) < 4.78 is 30.9. The molecule has 40 heavy (non-hydrogen) atoms. The Balaban J connectivity index is 1.36. The molecule has 3 amide bonds. The number of amides is 3. The lowest BCUT2D eigenvalue weighted by atomic mass is 10.0. The fourth-order valence-electron chi connectivity index (χ4n) is 5.41. The molecule has 3 aliphatic rings. The largest absolute Gasteiger partial charge is 0.449 e. The summed E-state index contributed by atoms with van der Waals surface area (Å²) in [7, 11) is 0. The number of esters is 1. The summed E-state index contributed by atoms with van der Waals surface area (Å²) in [5, 5.41) is 2.76. The van der Waals surface area contributed by atoms with Gasteiger partial charge in [0.05, 0.1) is 25.4 Å². The number of nitrogens with one attached hydrogen (secondary N) is 1. The highest BCUT2D eigenvalue weighted by Crippen LogP contribution is 2.34. The van der Waals surface area contributed by atoms with Crippen LogP contribution in [0.4, 0.5) is 15.8 Å². The van der Waals surface area contributed by atoms with Crippen LogP contribution < -0.4 is 10.2 Å². The molecule has 10 nitrogen and oxygen atoms in total. The van der Waals surface area contributed by atoms with Gasteiger partial charge in [-0.15, -0.1) is 0 Å². The Kier molecular flexibility index (Phi) is 8.13. The number of morpholine rings is 2. The highest BCUT2D eigenvalue weighted by atomic mass is 19.1. The molecule has 0 aromatic heterocycles. The molecule has 1 aliphatic carbocycles. The van der Waals surface area contributed by atoms with Gasteiger partial charge in [-0.2, -0.15) is 0 Å².